The molecule has 0 aromatic heterocycles. The Morgan fingerprint density at radius 3 is 2.44 bits per heavy atom. The maximum atomic E-state index is 13.2. The van der Waals surface area contributed by atoms with E-state index in [0.717, 1.165) is 11.1 Å². The van der Waals surface area contributed by atoms with Gasteiger partial charge < -0.3 is 18.9 Å². The molecule has 0 saturated carbocycles. The zero-order valence-corrected chi connectivity index (χ0v) is 18.8. The Morgan fingerprint density at radius 1 is 0.882 bits per heavy atom. The van der Waals surface area contributed by atoms with Gasteiger partial charge >= 0.3 is 5.97 Å². The zero-order chi connectivity index (χ0) is 23.4. The molecule has 3 aromatic rings. The highest BCUT2D eigenvalue weighted by molar-refractivity contribution is 6.15. The van der Waals surface area contributed by atoms with Gasteiger partial charge in [0.05, 0.1) is 12.0 Å². The SMILES string of the molecule is CC(C)c1ccc(/C=C2\Oc3c(ccc4c3[C@H](c3ccc5c(c3)OCO5)CC(=O)O4)C2=O)cc1. The van der Waals surface area contributed by atoms with Crippen LogP contribution < -0.4 is 18.9 Å². The van der Waals surface area contributed by atoms with E-state index in [-0.39, 0.29) is 36.6 Å². The van der Waals surface area contributed by atoms with E-state index in [1.165, 1.54) is 5.56 Å². The van der Waals surface area contributed by atoms with Gasteiger partial charge in [-0.05, 0) is 52.9 Å². The fourth-order valence-corrected chi connectivity index (χ4v) is 4.65. The van der Waals surface area contributed by atoms with E-state index in [2.05, 4.69) is 26.0 Å². The lowest BCUT2D eigenvalue weighted by atomic mass is 9.84. The minimum absolute atomic E-state index is 0.135. The highest BCUT2D eigenvalue weighted by Gasteiger charge is 2.38. The minimum Gasteiger partial charge on any atom is -0.454 e. The molecule has 0 radical (unpaired) electrons. The fourth-order valence-electron chi connectivity index (χ4n) is 4.65. The average Bonchev–Trinajstić information content (AvgIpc) is 3.42. The van der Waals surface area contributed by atoms with Crippen molar-refractivity contribution in [2.24, 2.45) is 0 Å². The monoisotopic (exact) mass is 454 g/mol. The van der Waals surface area contributed by atoms with Crippen molar-refractivity contribution in [3.63, 3.8) is 0 Å². The third-order valence-corrected chi connectivity index (χ3v) is 6.48. The van der Waals surface area contributed by atoms with Crippen LogP contribution in [0.3, 0.4) is 0 Å². The number of rotatable bonds is 3. The molecule has 170 valence electrons. The summed E-state index contributed by atoms with van der Waals surface area (Å²) in [6.07, 6.45) is 1.89. The number of hydrogen-bond donors (Lipinski definition) is 0. The zero-order valence-electron chi connectivity index (χ0n) is 18.8. The molecular weight excluding hydrogens is 432 g/mol. The van der Waals surface area contributed by atoms with Crippen LogP contribution in [0.25, 0.3) is 6.08 Å². The van der Waals surface area contributed by atoms with Gasteiger partial charge in [-0.2, -0.15) is 0 Å². The van der Waals surface area contributed by atoms with Gasteiger partial charge in [-0.3, -0.25) is 9.59 Å². The lowest BCUT2D eigenvalue weighted by molar-refractivity contribution is -0.135. The molecule has 3 aliphatic rings. The van der Waals surface area contributed by atoms with Crippen LogP contribution in [0.15, 0.2) is 60.4 Å². The maximum Gasteiger partial charge on any atom is 0.312 e. The van der Waals surface area contributed by atoms with E-state index in [0.29, 0.717) is 40.0 Å². The molecule has 3 aromatic carbocycles. The van der Waals surface area contributed by atoms with Crippen molar-refractivity contribution < 1.29 is 28.5 Å². The van der Waals surface area contributed by atoms with E-state index in [4.69, 9.17) is 18.9 Å². The van der Waals surface area contributed by atoms with Crippen LogP contribution in [0.5, 0.6) is 23.0 Å². The summed E-state index contributed by atoms with van der Waals surface area (Å²) in [6.45, 7) is 4.45. The Balaban J connectivity index is 1.40. The predicted molar refractivity (Wildman–Crippen MR) is 125 cm³/mol. The molecule has 34 heavy (non-hydrogen) atoms. The highest BCUT2D eigenvalue weighted by atomic mass is 16.7. The van der Waals surface area contributed by atoms with Crippen molar-refractivity contribution in [1.82, 2.24) is 0 Å². The van der Waals surface area contributed by atoms with Crippen LogP contribution in [0, 0.1) is 0 Å². The van der Waals surface area contributed by atoms with Crippen LogP contribution in [-0.4, -0.2) is 18.5 Å². The number of carbonyl (C=O) groups is 2. The van der Waals surface area contributed by atoms with Crippen molar-refractivity contribution in [3.8, 4) is 23.0 Å². The molecule has 0 amide bonds. The average molecular weight is 454 g/mol. The molecule has 0 spiro atoms. The first-order valence-corrected chi connectivity index (χ1v) is 11.3. The van der Waals surface area contributed by atoms with Gasteiger partial charge in [0.15, 0.2) is 17.3 Å². The molecule has 3 aliphatic heterocycles. The second-order valence-electron chi connectivity index (χ2n) is 8.96. The third-order valence-electron chi connectivity index (χ3n) is 6.48. The molecule has 1 atom stereocenters. The molecule has 0 unspecified atom stereocenters. The maximum absolute atomic E-state index is 13.2. The van der Waals surface area contributed by atoms with Gasteiger partial charge in [0, 0.05) is 11.5 Å². The van der Waals surface area contributed by atoms with Crippen molar-refractivity contribution in [3.05, 3.63) is 88.2 Å². The molecule has 0 fully saturated rings. The summed E-state index contributed by atoms with van der Waals surface area (Å²) in [7, 11) is 0. The van der Waals surface area contributed by atoms with Gasteiger partial charge in [0.2, 0.25) is 12.6 Å². The van der Waals surface area contributed by atoms with E-state index in [1.54, 1.807) is 18.2 Å². The number of Topliss-reactive ketones (excluding diaryl/α,β-unsaturated/α-hetero) is 1. The standard InChI is InChI=1S/C28H22O6/c1-15(2)17-5-3-16(4-6-17)11-24-27(30)19-8-10-22-26(28(19)34-24)20(13-25(29)33-22)18-7-9-21-23(12-18)32-14-31-21/h3-12,15,20H,13-14H2,1-2H3/b24-11-/t20-/m0/s1. The van der Waals surface area contributed by atoms with Crippen molar-refractivity contribution in [2.75, 3.05) is 6.79 Å². The largest absolute Gasteiger partial charge is 0.454 e. The van der Waals surface area contributed by atoms with Gasteiger partial charge in [-0.1, -0.05) is 44.2 Å². The van der Waals surface area contributed by atoms with E-state index in [9.17, 15) is 9.59 Å². The van der Waals surface area contributed by atoms with Crippen LogP contribution in [0.4, 0.5) is 0 Å². The summed E-state index contributed by atoms with van der Waals surface area (Å²) in [5.41, 5.74) is 4.14. The molecule has 6 nitrogen and oxygen atoms in total. The van der Waals surface area contributed by atoms with E-state index in [1.807, 2.05) is 30.3 Å². The van der Waals surface area contributed by atoms with Crippen LogP contribution in [-0.2, 0) is 4.79 Å². The molecule has 0 aliphatic carbocycles. The Hall–Kier alpha value is -4.06. The van der Waals surface area contributed by atoms with Gasteiger partial charge in [0.1, 0.15) is 11.5 Å². The molecule has 0 N–H and O–H groups in total. The summed E-state index contributed by atoms with van der Waals surface area (Å²) in [6, 6.07) is 17.0. The van der Waals surface area contributed by atoms with Crippen LogP contribution >= 0.6 is 0 Å². The number of hydrogen-bond acceptors (Lipinski definition) is 6. The fraction of sp³-hybridized carbons (Fsp3) is 0.214. The summed E-state index contributed by atoms with van der Waals surface area (Å²) in [4.78, 5) is 25.6. The number of esters is 1. The molecule has 6 heteroatoms. The number of carbonyl (C=O) groups excluding carboxylic acids is 2. The minimum atomic E-state index is -0.335. The smallest absolute Gasteiger partial charge is 0.312 e. The summed E-state index contributed by atoms with van der Waals surface area (Å²) in [5, 5.41) is 0. The first-order valence-electron chi connectivity index (χ1n) is 11.3. The quantitative estimate of drug-likeness (QED) is 0.292. The topological polar surface area (TPSA) is 71.1 Å². The normalized spacial score (nSPS) is 19.1. The van der Waals surface area contributed by atoms with Crippen molar-refractivity contribution >= 4 is 17.8 Å². The number of ether oxygens (including phenoxy) is 4. The molecule has 6 rings (SSSR count). The third kappa shape index (κ3) is 3.34. The van der Waals surface area contributed by atoms with E-state index >= 15 is 0 Å². The summed E-state index contributed by atoms with van der Waals surface area (Å²) < 4.78 is 22.6. The Labute approximate surface area is 196 Å². The summed E-state index contributed by atoms with van der Waals surface area (Å²) >= 11 is 0. The van der Waals surface area contributed by atoms with Gasteiger partial charge in [-0.15, -0.1) is 0 Å². The van der Waals surface area contributed by atoms with Crippen molar-refractivity contribution in [1.29, 1.82) is 0 Å². The summed E-state index contributed by atoms with van der Waals surface area (Å²) in [5.74, 6) is 1.98. The Morgan fingerprint density at radius 2 is 1.65 bits per heavy atom. The number of benzene rings is 3. The van der Waals surface area contributed by atoms with Gasteiger partial charge in [0.25, 0.3) is 0 Å². The van der Waals surface area contributed by atoms with Gasteiger partial charge in [-0.25, -0.2) is 0 Å². The highest BCUT2D eigenvalue weighted by Crippen LogP contribution is 2.50. The second kappa shape index (κ2) is 7.76. The van der Waals surface area contributed by atoms with E-state index < -0.39 is 0 Å². The van der Waals surface area contributed by atoms with Crippen LogP contribution in [0.2, 0.25) is 0 Å². The lowest BCUT2D eigenvalue weighted by Crippen LogP contribution is -2.21. The molecule has 0 saturated heterocycles. The molecule has 0 bridgehead atoms. The second-order valence-corrected chi connectivity index (χ2v) is 8.96. The Bertz CT molecular complexity index is 1370. The molecular formula is C28H22O6. The number of allylic oxidation sites excluding steroid dienone is 1. The molecule has 3 heterocycles. The first kappa shape index (κ1) is 20.5. The lowest BCUT2D eigenvalue weighted by Gasteiger charge is -2.26. The number of ketones is 1. The first-order chi connectivity index (χ1) is 16.5. The Kier molecular flexibility index (Phi) is 4.69. The van der Waals surface area contributed by atoms with Crippen LogP contribution in [0.1, 0.15) is 64.7 Å². The number of fused-ring (bicyclic) bond motifs is 4. The van der Waals surface area contributed by atoms with Crippen molar-refractivity contribution in [2.45, 2.75) is 32.1 Å². The predicted octanol–water partition coefficient (Wildman–Crippen LogP) is 5.60.